The molecule has 0 radical (unpaired) electrons. The van der Waals surface area contributed by atoms with Crippen LogP contribution >= 0.6 is 11.8 Å². The Kier molecular flexibility index (Phi) is 6.10. The lowest BCUT2D eigenvalue weighted by Crippen LogP contribution is -2.28. The molecule has 0 bridgehead atoms. The van der Waals surface area contributed by atoms with Gasteiger partial charge in [0.15, 0.2) is 0 Å². The Labute approximate surface area is 191 Å². The molecule has 5 nitrogen and oxygen atoms in total. The van der Waals surface area contributed by atoms with Crippen molar-refractivity contribution in [3.63, 3.8) is 0 Å². The Morgan fingerprint density at radius 3 is 2.27 bits per heavy atom. The lowest BCUT2D eigenvalue weighted by Gasteiger charge is -2.25. The number of carbonyl (C=O) groups is 1. The standard InChI is InChI=1S/C22H16F4N2O3S2/c23-16-6-10-19(11-7-16)33(30,31)27-17-3-1-2-14(12-17)21-28(20(29)13-32-21)18-8-4-15(5-9-18)22(24,25)26/h1-12,21,27H,13H2/t21-/m0/s1. The Morgan fingerprint density at radius 2 is 1.64 bits per heavy atom. The molecule has 0 saturated carbocycles. The van der Waals surface area contributed by atoms with Crippen LogP contribution in [0.15, 0.2) is 77.7 Å². The van der Waals surface area contributed by atoms with Crippen LogP contribution in [0.5, 0.6) is 0 Å². The van der Waals surface area contributed by atoms with Gasteiger partial charge in [0.05, 0.1) is 16.2 Å². The van der Waals surface area contributed by atoms with Crippen LogP contribution < -0.4 is 9.62 Å². The molecule has 1 fully saturated rings. The van der Waals surface area contributed by atoms with Gasteiger partial charge in [0, 0.05) is 11.4 Å². The summed E-state index contributed by atoms with van der Waals surface area (Å²) in [6.07, 6.45) is -4.49. The zero-order valence-corrected chi connectivity index (χ0v) is 18.3. The molecule has 3 aromatic rings. The number of hydrogen-bond acceptors (Lipinski definition) is 4. The molecule has 0 aromatic heterocycles. The molecule has 1 atom stereocenters. The van der Waals surface area contributed by atoms with Gasteiger partial charge in [0.1, 0.15) is 11.2 Å². The summed E-state index contributed by atoms with van der Waals surface area (Å²) in [5.41, 5.74) is 0.300. The molecule has 172 valence electrons. The summed E-state index contributed by atoms with van der Waals surface area (Å²) in [5, 5.41) is -0.551. The maximum Gasteiger partial charge on any atom is 0.416 e. The average molecular weight is 497 g/mol. The molecule has 0 spiro atoms. The quantitative estimate of drug-likeness (QED) is 0.479. The molecule has 3 aromatic carbocycles. The highest BCUT2D eigenvalue weighted by Crippen LogP contribution is 2.43. The van der Waals surface area contributed by atoms with Crippen molar-refractivity contribution in [2.24, 2.45) is 0 Å². The summed E-state index contributed by atoms with van der Waals surface area (Å²) in [5.74, 6) is -0.721. The lowest BCUT2D eigenvalue weighted by molar-refractivity contribution is -0.137. The number of thioether (sulfide) groups is 1. The van der Waals surface area contributed by atoms with Crippen LogP contribution in [-0.2, 0) is 21.0 Å². The summed E-state index contributed by atoms with van der Waals surface area (Å²) in [7, 11) is -3.98. The number of rotatable bonds is 5. The Hall–Kier alpha value is -3.05. The van der Waals surface area contributed by atoms with Crippen LogP contribution in [0.2, 0.25) is 0 Å². The highest BCUT2D eigenvalue weighted by molar-refractivity contribution is 8.00. The number of hydrogen-bond donors (Lipinski definition) is 1. The van der Waals surface area contributed by atoms with Gasteiger partial charge in [-0.1, -0.05) is 12.1 Å². The number of amides is 1. The van der Waals surface area contributed by atoms with Crippen molar-refractivity contribution in [1.82, 2.24) is 0 Å². The molecule has 1 amide bonds. The second-order valence-electron chi connectivity index (χ2n) is 7.16. The number of halogens is 4. The third-order valence-electron chi connectivity index (χ3n) is 4.89. The van der Waals surface area contributed by atoms with Crippen molar-refractivity contribution in [2.75, 3.05) is 15.4 Å². The van der Waals surface area contributed by atoms with Gasteiger partial charge in [-0.3, -0.25) is 14.4 Å². The van der Waals surface area contributed by atoms with Crippen LogP contribution in [0.1, 0.15) is 16.5 Å². The van der Waals surface area contributed by atoms with Gasteiger partial charge in [0.2, 0.25) is 5.91 Å². The Morgan fingerprint density at radius 1 is 0.970 bits per heavy atom. The average Bonchev–Trinajstić information content (AvgIpc) is 3.15. The third-order valence-corrected chi connectivity index (χ3v) is 7.50. The number of alkyl halides is 3. The van der Waals surface area contributed by atoms with E-state index in [1.54, 1.807) is 18.2 Å². The molecule has 1 aliphatic rings. The molecule has 11 heteroatoms. The lowest BCUT2D eigenvalue weighted by atomic mass is 10.1. The van der Waals surface area contributed by atoms with Gasteiger partial charge in [0.25, 0.3) is 10.0 Å². The van der Waals surface area contributed by atoms with Gasteiger partial charge in [-0.05, 0) is 66.2 Å². The third kappa shape index (κ3) is 4.98. The maximum atomic E-state index is 13.1. The summed E-state index contributed by atoms with van der Waals surface area (Å²) in [4.78, 5) is 13.8. The number of nitrogens with zero attached hydrogens (tertiary/aromatic N) is 1. The number of anilines is 2. The van der Waals surface area contributed by atoms with E-state index < -0.39 is 33.0 Å². The minimum atomic E-state index is -4.49. The van der Waals surface area contributed by atoms with Crippen LogP contribution in [0.4, 0.5) is 28.9 Å². The van der Waals surface area contributed by atoms with Crippen molar-refractivity contribution < 1.29 is 30.8 Å². The first kappa shape index (κ1) is 23.1. The zero-order valence-electron chi connectivity index (χ0n) is 16.7. The highest BCUT2D eigenvalue weighted by Gasteiger charge is 2.35. The minimum absolute atomic E-state index is 0.119. The van der Waals surface area contributed by atoms with E-state index in [-0.39, 0.29) is 22.2 Å². The van der Waals surface area contributed by atoms with Gasteiger partial charge in [-0.2, -0.15) is 13.2 Å². The molecular formula is C22H16F4N2O3S2. The topological polar surface area (TPSA) is 66.5 Å². The van der Waals surface area contributed by atoms with Gasteiger partial charge < -0.3 is 0 Å². The first-order valence-corrected chi connectivity index (χ1v) is 12.1. The molecule has 1 heterocycles. The van der Waals surface area contributed by atoms with Crippen molar-refractivity contribution in [2.45, 2.75) is 16.4 Å². The number of benzene rings is 3. The largest absolute Gasteiger partial charge is 0.416 e. The second-order valence-corrected chi connectivity index (χ2v) is 9.91. The van der Waals surface area contributed by atoms with Gasteiger partial charge >= 0.3 is 6.18 Å². The van der Waals surface area contributed by atoms with Crippen LogP contribution in [0, 0.1) is 5.82 Å². The molecule has 4 rings (SSSR count). The zero-order chi connectivity index (χ0) is 23.8. The summed E-state index contributed by atoms with van der Waals surface area (Å²) in [6.45, 7) is 0. The molecule has 0 unspecified atom stereocenters. The molecule has 1 saturated heterocycles. The van der Waals surface area contributed by atoms with E-state index in [4.69, 9.17) is 0 Å². The smallest absolute Gasteiger partial charge is 0.295 e. The van der Waals surface area contributed by atoms with Crippen molar-refractivity contribution in [3.8, 4) is 0 Å². The van der Waals surface area contributed by atoms with Crippen LogP contribution in [-0.4, -0.2) is 20.1 Å². The second kappa shape index (κ2) is 8.71. The minimum Gasteiger partial charge on any atom is -0.295 e. The van der Waals surface area contributed by atoms with Crippen molar-refractivity contribution in [3.05, 3.63) is 89.7 Å². The first-order valence-electron chi connectivity index (χ1n) is 9.54. The molecule has 1 N–H and O–H groups in total. The Bertz CT molecular complexity index is 1280. The number of sulfonamides is 1. The summed E-state index contributed by atoms with van der Waals surface area (Å²) < 4.78 is 79.4. The maximum absolute atomic E-state index is 13.1. The number of nitrogens with one attached hydrogen (secondary N) is 1. The summed E-state index contributed by atoms with van der Waals surface area (Å²) >= 11 is 1.28. The molecule has 33 heavy (non-hydrogen) atoms. The van der Waals surface area contributed by atoms with E-state index in [2.05, 4.69) is 4.72 Å². The fourth-order valence-corrected chi connectivity index (χ4v) is 5.56. The van der Waals surface area contributed by atoms with Crippen LogP contribution in [0.3, 0.4) is 0 Å². The predicted octanol–water partition coefficient (Wildman–Crippen LogP) is 5.42. The highest BCUT2D eigenvalue weighted by atomic mass is 32.2. The van der Waals surface area contributed by atoms with Gasteiger partial charge in [-0.25, -0.2) is 12.8 Å². The van der Waals surface area contributed by atoms with Crippen molar-refractivity contribution >= 4 is 39.1 Å². The first-order chi connectivity index (χ1) is 15.5. The predicted molar refractivity (Wildman–Crippen MR) is 118 cm³/mol. The monoisotopic (exact) mass is 496 g/mol. The van der Waals surface area contributed by atoms with Crippen LogP contribution in [0.25, 0.3) is 0 Å². The SMILES string of the molecule is O=C1CS[C@@H](c2cccc(NS(=O)(=O)c3ccc(F)cc3)c2)N1c1ccc(C(F)(F)F)cc1. The number of carbonyl (C=O) groups excluding carboxylic acids is 1. The fraction of sp³-hybridized carbons (Fsp3) is 0.136. The van der Waals surface area contributed by atoms with E-state index in [1.807, 2.05) is 0 Å². The molecular weight excluding hydrogens is 480 g/mol. The normalized spacial score (nSPS) is 16.8. The molecule has 1 aliphatic heterocycles. The van der Waals surface area contributed by atoms with E-state index in [0.717, 1.165) is 36.4 Å². The van der Waals surface area contributed by atoms with E-state index >= 15 is 0 Å². The van der Waals surface area contributed by atoms with E-state index in [1.165, 1.54) is 34.9 Å². The summed E-state index contributed by atoms with van der Waals surface area (Å²) in [6, 6.07) is 15.0. The van der Waals surface area contributed by atoms with E-state index in [9.17, 15) is 30.8 Å². The van der Waals surface area contributed by atoms with Gasteiger partial charge in [-0.15, -0.1) is 11.8 Å². The Balaban J connectivity index is 1.60. The van der Waals surface area contributed by atoms with Crippen molar-refractivity contribution in [1.29, 1.82) is 0 Å². The fourth-order valence-electron chi connectivity index (χ4n) is 3.34. The van der Waals surface area contributed by atoms with E-state index in [0.29, 0.717) is 11.3 Å². The molecule has 0 aliphatic carbocycles.